The number of imidazole rings is 1. The molecule has 2 aromatic rings. The molecule has 122 valence electrons. The molecule has 0 aliphatic carbocycles. The van der Waals surface area contributed by atoms with Gasteiger partial charge in [0.25, 0.3) is 0 Å². The van der Waals surface area contributed by atoms with Gasteiger partial charge in [-0.3, -0.25) is 4.79 Å². The van der Waals surface area contributed by atoms with Gasteiger partial charge < -0.3 is 9.47 Å². The molecule has 0 atom stereocenters. The molecule has 4 nitrogen and oxygen atoms in total. The van der Waals surface area contributed by atoms with Gasteiger partial charge in [0.15, 0.2) is 0 Å². The maximum atomic E-state index is 12.3. The fourth-order valence-electron chi connectivity index (χ4n) is 3.16. The highest BCUT2D eigenvalue weighted by Crippen LogP contribution is 2.26. The van der Waals surface area contributed by atoms with E-state index in [1.807, 2.05) is 23.4 Å². The summed E-state index contributed by atoms with van der Waals surface area (Å²) in [6.07, 6.45) is 6.44. The van der Waals surface area contributed by atoms with Crippen LogP contribution in [0.1, 0.15) is 50.0 Å². The van der Waals surface area contributed by atoms with Gasteiger partial charge in [-0.05, 0) is 18.4 Å². The summed E-state index contributed by atoms with van der Waals surface area (Å²) in [7, 11) is 0. The standard InChI is InChI=1S/C19H25N3O/c1-15(2)19-20-11-12-22(19)17-13-21(14-17)18(23)10-6-9-16-7-4-3-5-8-16/h3-5,7-8,11-12,15,17H,6,9-10,13-14H2,1-2H3. The molecule has 0 saturated carbocycles. The summed E-state index contributed by atoms with van der Waals surface area (Å²) >= 11 is 0. The fraction of sp³-hybridized carbons (Fsp3) is 0.474. The molecular formula is C19H25N3O. The molecule has 4 heteroatoms. The van der Waals surface area contributed by atoms with Gasteiger partial charge in [-0.25, -0.2) is 4.98 Å². The third-order valence-corrected chi connectivity index (χ3v) is 4.52. The van der Waals surface area contributed by atoms with E-state index in [2.05, 4.69) is 47.7 Å². The second-order valence-corrected chi connectivity index (χ2v) is 6.64. The molecule has 0 N–H and O–H groups in total. The van der Waals surface area contributed by atoms with E-state index in [1.54, 1.807) is 0 Å². The Morgan fingerprint density at radius 2 is 2.00 bits per heavy atom. The van der Waals surface area contributed by atoms with Crippen LogP contribution in [0.5, 0.6) is 0 Å². The van der Waals surface area contributed by atoms with Crippen molar-refractivity contribution in [3.8, 4) is 0 Å². The first-order chi connectivity index (χ1) is 11.1. The van der Waals surface area contributed by atoms with E-state index >= 15 is 0 Å². The number of amides is 1. The van der Waals surface area contributed by atoms with Crippen molar-refractivity contribution in [2.24, 2.45) is 0 Å². The zero-order chi connectivity index (χ0) is 16.2. The normalized spacial score (nSPS) is 15.0. The van der Waals surface area contributed by atoms with Crippen LogP contribution in [0.3, 0.4) is 0 Å². The summed E-state index contributed by atoms with van der Waals surface area (Å²) in [6, 6.07) is 10.8. The first-order valence-electron chi connectivity index (χ1n) is 8.49. The Balaban J connectivity index is 1.44. The number of aryl methyl sites for hydroxylation is 1. The molecule has 1 aliphatic rings. The topological polar surface area (TPSA) is 38.1 Å². The number of nitrogens with zero attached hydrogens (tertiary/aromatic N) is 3. The number of hydrogen-bond acceptors (Lipinski definition) is 2. The van der Waals surface area contributed by atoms with Crippen LogP contribution in [0.25, 0.3) is 0 Å². The van der Waals surface area contributed by atoms with E-state index in [1.165, 1.54) is 5.56 Å². The van der Waals surface area contributed by atoms with Crippen LogP contribution in [-0.4, -0.2) is 33.4 Å². The smallest absolute Gasteiger partial charge is 0.222 e. The lowest BCUT2D eigenvalue weighted by Crippen LogP contribution is -2.50. The Hall–Kier alpha value is -2.10. The zero-order valence-corrected chi connectivity index (χ0v) is 14.0. The van der Waals surface area contributed by atoms with Gasteiger partial charge >= 0.3 is 0 Å². The number of likely N-dealkylation sites (tertiary alicyclic amines) is 1. The Bertz CT molecular complexity index is 642. The number of carbonyl (C=O) groups excluding carboxylic acids is 1. The number of carbonyl (C=O) groups is 1. The molecule has 23 heavy (non-hydrogen) atoms. The van der Waals surface area contributed by atoms with Crippen LogP contribution in [0.2, 0.25) is 0 Å². The summed E-state index contributed by atoms with van der Waals surface area (Å²) in [5, 5.41) is 0. The molecule has 0 unspecified atom stereocenters. The number of rotatable bonds is 6. The number of aromatic nitrogens is 2. The van der Waals surface area contributed by atoms with Crippen molar-refractivity contribution < 1.29 is 4.79 Å². The van der Waals surface area contributed by atoms with Crippen LogP contribution < -0.4 is 0 Å². The van der Waals surface area contributed by atoms with E-state index in [9.17, 15) is 4.79 Å². The third-order valence-electron chi connectivity index (χ3n) is 4.52. The van der Waals surface area contributed by atoms with Crippen molar-refractivity contribution in [2.75, 3.05) is 13.1 Å². The molecule has 3 rings (SSSR count). The summed E-state index contributed by atoms with van der Waals surface area (Å²) in [5.74, 6) is 1.81. The van der Waals surface area contributed by atoms with Crippen LogP contribution in [-0.2, 0) is 11.2 Å². The average Bonchev–Trinajstić information content (AvgIpc) is 2.96. The molecule has 1 saturated heterocycles. The lowest BCUT2D eigenvalue weighted by molar-refractivity contribution is -0.137. The van der Waals surface area contributed by atoms with Crippen molar-refractivity contribution in [3.63, 3.8) is 0 Å². The predicted octanol–water partition coefficient (Wildman–Crippen LogP) is 3.41. The average molecular weight is 311 g/mol. The Morgan fingerprint density at radius 1 is 1.26 bits per heavy atom. The van der Waals surface area contributed by atoms with Gasteiger partial charge in [0.1, 0.15) is 5.82 Å². The van der Waals surface area contributed by atoms with Crippen LogP contribution in [0, 0.1) is 0 Å². The van der Waals surface area contributed by atoms with Crippen LogP contribution in [0.15, 0.2) is 42.7 Å². The first-order valence-corrected chi connectivity index (χ1v) is 8.49. The maximum absolute atomic E-state index is 12.3. The van der Waals surface area contributed by atoms with Gasteiger partial charge in [-0.2, -0.15) is 0 Å². The number of benzene rings is 1. The van der Waals surface area contributed by atoms with Crippen LogP contribution >= 0.6 is 0 Å². The molecule has 0 bridgehead atoms. The Morgan fingerprint density at radius 3 is 2.70 bits per heavy atom. The lowest BCUT2D eigenvalue weighted by Gasteiger charge is -2.41. The molecule has 1 aliphatic heterocycles. The van der Waals surface area contributed by atoms with Crippen molar-refractivity contribution in [1.29, 1.82) is 0 Å². The lowest BCUT2D eigenvalue weighted by atomic mass is 10.0. The van der Waals surface area contributed by atoms with Gasteiger partial charge in [0.05, 0.1) is 6.04 Å². The summed E-state index contributed by atoms with van der Waals surface area (Å²) in [5.41, 5.74) is 1.31. The monoisotopic (exact) mass is 311 g/mol. The van der Waals surface area contributed by atoms with E-state index in [-0.39, 0.29) is 5.91 Å². The second-order valence-electron chi connectivity index (χ2n) is 6.64. The predicted molar refractivity (Wildman–Crippen MR) is 91.3 cm³/mol. The summed E-state index contributed by atoms with van der Waals surface area (Å²) < 4.78 is 2.23. The fourth-order valence-corrected chi connectivity index (χ4v) is 3.16. The van der Waals surface area contributed by atoms with Gasteiger partial charge in [0.2, 0.25) is 5.91 Å². The summed E-state index contributed by atoms with van der Waals surface area (Å²) in [4.78, 5) is 18.7. The minimum atomic E-state index is 0.281. The molecule has 2 heterocycles. The molecule has 0 spiro atoms. The van der Waals surface area contributed by atoms with Crippen molar-refractivity contribution >= 4 is 5.91 Å². The molecule has 0 radical (unpaired) electrons. The van der Waals surface area contributed by atoms with E-state index in [4.69, 9.17) is 0 Å². The third kappa shape index (κ3) is 3.63. The van der Waals surface area contributed by atoms with Gasteiger partial charge in [0, 0.05) is 37.8 Å². The Labute approximate surface area is 138 Å². The maximum Gasteiger partial charge on any atom is 0.222 e. The van der Waals surface area contributed by atoms with Crippen molar-refractivity contribution in [2.45, 2.75) is 45.1 Å². The molecule has 1 aromatic carbocycles. The Kier molecular flexibility index (Phi) is 4.79. The van der Waals surface area contributed by atoms with E-state index < -0.39 is 0 Å². The minimum Gasteiger partial charge on any atom is -0.338 e. The largest absolute Gasteiger partial charge is 0.338 e. The zero-order valence-electron chi connectivity index (χ0n) is 14.0. The molecule has 1 amide bonds. The first kappa shape index (κ1) is 15.8. The minimum absolute atomic E-state index is 0.281. The van der Waals surface area contributed by atoms with Crippen LogP contribution in [0.4, 0.5) is 0 Å². The highest BCUT2D eigenvalue weighted by Gasteiger charge is 2.32. The molecule has 1 aromatic heterocycles. The number of hydrogen-bond donors (Lipinski definition) is 0. The van der Waals surface area contributed by atoms with Crippen molar-refractivity contribution in [3.05, 3.63) is 54.1 Å². The molecular weight excluding hydrogens is 286 g/mol. The van der Waals surface area contributed by atoms with E-state index in [0.29, 0.717) is 18.4 Å². The summed E-state index contributed by atoms with van der Waals surface area (Å²) in [6.45, 7) is 5.95. The molecule has 1 fully saturated rings. The van der Waals surface area contributed by atoms with Crippen molar-refractivity contribution in [1.82, 2.24) is 14.5 Å². The quantitative estimate of drug-likeness (QED) is 0.820. The van der Waals surface area contributed by atoms with Gasteiger partial charge in [-0.1, -0.05) is 44.2 Å². The highest BCUT2D eigenvalue weighted by atomic mass is 16.2. The second kappa shape index (κ2) is 6.99. The highest BCUT2D eigenvalue weighted by molar-refractivity contribution is 5.77. The SMILES string of the molecule is CC(C)c1nccn1C1CN(C(=O)CCCc2ccccc2)C1. The van der Waals surface area contributed by atoms with E-state index in [0.717, 1.165) is 31.8 Å². The van der Waals surface area contributed by atoms with Gasteiger partial charge in [-0.15, -0.1) is 0 Å².